The number of nitrogens with zero attached hydrogens (tertiary/aromatic N) is 1. The van der Waals surface area contributed by atoms with Gasteiger partial charge in [-0.1, -0.05) is 26.0 Å². The molecular formula is C17H30N2O2. The normalized spacial score (nSPS) is 12.6. The Hall–Kier alpha value is -1.10. The largest absolute Gasteiger partial charge is 0.497 e. The molecule has 21 heavy (non-hydrogen) atoms. The van der Waals surface area contributed by atoms with Crippen molar-refractivity contribution >= 4 is 0 Å². The second-order valence-electron chi connectivity index (χ2n) is 5.21. The molecule has 0 fully saturated rings. The van der Waals surface area contributed by atoms with Gasteiger partial charge < -0.3 is 20.1 Å². The molecule has 0 aliphatic carbocycles. The van der Waals surface area contributed by atoms with Crippen LogP contribution in [0.3, 0.4) is 0 Å². The molecule has 1 atom stereocenters. The van der Waals surface area contributed by atoms with Crippen molar-refractivity contribution in [2.24, 2.45) is 0 Å². The van der Waals surface area contributed by atoms with Gasteiger partial charge in [-0.05, 0) is 63.3 Å². The van der Waals surface area contributed by atoms with Crippen molar-refractivity contribution in [1.82, 2.24) is 10.2 Å². The number of nitrogens with one attached hydrogen (secondary N) is 1. The van der Waals surface area contributed by atoms with Crippen molar-refractivity contribution in [2.45, 2.75) is 32.8 Å². The first-order valence-electron chi connectivity index (χ1n) is 7.96. The second-order valence-corrected chi connectivity index (χ2v) is 5.21. The molecule has 1 aromatic carbocycles. The summed E-state index contributed by atoms with van der Waals surface area (Å²) in [6.07, 6.45) is 1.44. The number of hydrogen-bond donors (Lipinski definition) is 2. The highest BCUT2D eigenvalue weighted by Crippen LogP contribution is 2.20. The molecule has 1 unspecified atom stereocenters. The zero-order valence-corrected chi connectivity index (χ0v) is 13.6. The van der Waals surface area contributed by atoms with Gasteiger partial charge in [0.1, 0.15) is 5.75 Å². The first kappa shape index (κ1) is 18.0. The third-order valence-electron chi connectivity index (χ3n) is 3.80. The predicted octanol–water partition coefficient (Wildman–Crippen LogP) is 2.44. The fraction of sp³-hybridized carbons (Fsp3) is 0.647. The molecule has 0 aliphatic rings. The molecule has 0 saturated carbocycles. The number of hydrogen-bond acceptors (Lipinski definition) is 4. The van der Waals surface area contributed by atoms with Gasteiger partial charge in [0, 0.05) is 0 Å². The van der Waals surface area contributed by atoms with Crippen molar-refractivity contribution in [3.63, 3.8) is 0 Å². The fourth-order valence-corrected chi connectivity index (χ4v) is 2.35. The van der Waals surface area contributed by atoms with Gasteiger partial charge in [0.25, 0.3) is 0 Å². The van der Waals surface area contributed by atoms with E-state index in [-0.39, 0.29) is 0 Å². The van der Waals surface area contributed by atoms with E-state index in [9.17, 15) is 5.11 Å². The molecule has 0 heterocycles. The molecule has 4 nitrogen and oxygen atoms in total. The van der Waals surface area contributed by atoms with Gasteiger partial charge in [-0.15, -0.1) is 0 Å². The SMILES string of the molecule is CCN(CC)CCCNCCC(O)c1cccc(OC)c1. The summed E-state index contributed by atoms with van der Waals surface area (Å²) in [6, 6.07) is 7.63. The minimum absolute atomic E-state index is 0.435. The average molecular weight is 294 g/mol. The van der Waals surface area contributed by atoms with Crippen molar-refractivity contribution in [3.8, 4) is 5.75 Å². The van der Waals surface area contributed by atoms with Crippen LogP contribution in [-0.4, -0.2) is 49.8 Å². The van der Waals surface area contributed by atoms with Gasteiger partial charge in [0.2, 0.25) is 0 Å². The van der Waals surface area contributed by atoms with E-state index >= 15 is 0 Å². The maximum absolute atomic E-state index is 10.2. The van der Waals surface area contributed by atoms with E-state index in [4.69, 9.17) is 4.74 Å². The third-order valence-corrected chi connectivity index (χ3v) is 3.80. The lowest BCUT2D eigenvalue weighted by Gasteiger charge is -2.18. The van der Waals surface area contributed by atoms with Gasteiger partial charge >= 0.3 is 0 Å². The Bertz CT molecular complexity index is 381. The van der Waals surface area contributed by atoms with Crippen molar-refractivity contribution < 1.29 is 9.84 Å². The summed E-state index contributed by atoms with van der Waals surface area (Å²) in [4.78, 5) is 2.42. The van der Waals surface area contributed by atoms with Crippen LogP contribution in [0.15, 0.2) is 24.3 Å². The molecular weight excluding hydrogens is 264 g/mol. The van der Waals surface area contributed by atoms with Crippen LogP contribution in [0, 0.1) is 0 Å². The summed E-state index contributed by atoms with van der Waals surface area (Å²) < 4.78 is 5.17. The lowest BCUT2D eigenvalue weighted by atomic mass is 10.1. The van der Waals surface area contributed by atoms with E-state index in [0.717, 1.165) is 56.9 Å². The van der Waals surface area contributed by atoms with Crippen LogP contribution in [0.2, 0.25) is 0 Å². The molecule has 0 saturated heterocycles. The molecule has 0 radical (unpaired) electrons. The summed E-state index contributed by atoms with van der Waals surface area (Å²) >= 11 is 0. The van der Waals surface area contributed by atoms with Crippen molar-refractivity contribution in [3.05, 3.63) is 29.8 Å². The Labute approximate surface area is 129 Å². The fourth-order valence-electron chi connectivity index (χ4n) is 2.35. The highest BCUT2D eigenvalue weighted by molar-refractivity contribution is 5.29. The Morgan fingerprint density at radius 1 is 1.24 bits per heavy atom. The van der Waals surface area contributed by atoms with Crippen LogP contribution >= 0.6 is 0 Å². The van der Waals surface area contributed by atoms with Gasteiger partial charge in [-0.25, -0.2) is 0 Å². The van der Waals surface area contributed by atoms with Crippen LogP contribution < -0.4 is 10.1 Å². The smallest absolute Gasteiger partial charge is 0.119 e. The second kappa shape index (κ2) is 10.6. The summed E-state index contributed by atoms with van der Waals surface area (Å²) in [6.45, 7) is 9.59. The molecule has 4 heteroatoms. The lowest BCUT2D eigenvalue weighted by Crippen LogP contribution is -2.27. The molecule has 0 spiro atoms. The summed E-state index contributed by atoms with van der Waals surface area (Å²) in [5.74, 6) is 0.790. The average Bonchev–Trinajstić information content (AvgIpc) is 2.54. The maximum atomic E-state index is 10.2. The Kier molecular flexibility index (Phi) is 9.06. The zero-order chi connectivity index (χ0) is 15.5. The number of aliphatic hydroxyl groups is 1. The van der Waals surface area contributed by atoms with E-state index < -0.39 is 6.10 Å². The Morgan fingerprint density at radius 2 is 2.00 bits per heavy atom. The van der Waals surface area contributed by atoms with Crippen molar-refractivity contribution in [1.29, 1.82) is 0 Å². The molecule has 2 N–H and O–H groups in total. The number of ether oxygens (including phenoxy) is 1. The molecule has 0 bridgehead atoms. The number of aliphatic hydroxyl groups excluding tert-OH is 1. The van der Waals surface area contributed by atoms with E-state index in [1.165, 1.54) is 0 Å². The van der Waals surface area contributed by atoms with Gasteiger partial charge in [-0.3, -0.25) is 0 Å². The third kappa shape index (κ3) is 6.93. The molecule has 0 aliphatic heterocycles. The molecule has 120 valence electrons. The van der Waals surface area contributed by atoms with Crippen LogP contribution in [-0.2, 0) is 0 Å². The van der Waals surface area contributed by atoms with Crippen LogP contribution in [0.1, 0.15) is 38.4 Å². The van der Waals surface area contributed by atoms with Gasteiger partial charge in [0.05, 0.1) is 13.2 Å². The van der Waals surface area contributed by atoms with E-state index in [2.05, 4.69) is 24.1 Å². The maximum Gasteiger partial charge on any atom is 0.119 e. The lowest BCUT2D eigenvalue weighted by molar-refractivity contribution is 0.166. The molecule has 1 rings (SSSR count). The van der Waals surface area contributed by atoms with Gasteiger partial charge in [0.15, 0.2) is 0 Å². The van der Waals surface area contributed by atoms with Crippen LogP contribution in [0.4, 0.5) is 0 Å². The monoisotopic (exact) mass is 294 g/mol. The molecule has 0 amide bonds. The predicted molar refractivity (Wildman–Crippen MR) is 87.8 cm³/mol. The summed E-state index contributed by atoms with van der Waals surface area (Å²) in [7, 11) is 1.64. The molecule has 0 aromatic heterocycles. The van der Waals surface area contributed by atoms with E-state index in [0.29, 0.717) is 0 Å². The Morgan fingerprint density at radius 3 is 2.67 bits per heavy atom. The standard InChI is InChI=1S/C17H30N2O2/c1-4-19(5-2)13-7-11-18-12-10-17(20)15-8-6-9-16(14-15)21-3/h6,8-9,14,17-18,20H,4-5,7,10-13H2,1-3H3. The Balaban J connectivity index is 2.17. The summed E-state index contributed by atoms with van der Waals surface area (Å²) in [5.41, 5.74) is 0.916. The number of benzene rings is 1. The minimum Gasteiger partial charge on any atom is -0.497 e. The number of methoxy groups -OCH3 is 1. The van der Waals surface area contributed by atoms with Gasteiger partial charge in [-0.2, -0.15) is 0 Å². The van der Waals surface area contributed by atoms with Crippen LogP contribution in [0.25, 0.3) is 0 Å². The first-order valence-corrected chi connectivity index (χ1v) is 7.96. The van der Waals surface area contributed by atoms with E-state index in [1.54, 1.807) is 7.11 Å². The topological polar surface area (TPSA) is 44.7 Å². The highest BCUT2D eigenvalue weighted by Gasteiger charge is 2.07. The quantitative estimate of drug-likeness (QED) is 0.615. The zero-order valence-electron chi connectivity index (χ0n) is 13.6. The van der Waals surface area contributed by atoms with E-state index in [1.807, 2.05) is 24.3 Å². The minimum atomic E-state index is -0.435. The highest BCUT2D eigenvalue weighted by atomic mass is 16.5. The first-order chi connectivity index (χ1) is 10.2. The number of rotatable bonds is 11. The summed E-state index contributed by atoms with van der Waals surface area (Å²) in [5, 5.41) is 13.6. The van der Waals surface area contributed by atoms with Crippen LogP contribution in [0.5, 0.6) is 5.75 Å². The van der Waals surface area contributed by atoms with Crippen molar-refractivity contribution in [2.75, 3.05) is 39.8 Å². The molecule has 1 aromatic rings.